The van der Waals surface area contributed by atoms with Crippen molar-refractivity contribution >= 4 is 0 Å². The summed E-state index contributed by atoms with van der Waals surface area (Å²) in [7, 11) is 0. The Balaban J connectivity index is 3.28. The van der Waals surface area contributed by atoms with E-state index in [0.29, 0.717) is 6.42 Å². The van der Waals surface area contributed by atoms with E-state index in [1.807, 2.05) is 0 Å². The van der Waals surface area contributed by atoms with Crippen LogP contribution in [-0.4, -0.2) is 25.4 Å². The standard InChI is InChI=1S/C6H12F3NO/c1-2-5(10)3-11-4-6(7,8)9/h5H,2-4,10H2,1H3. The highest BCUT2D eigenvalue weighted by molar-refractivity contribution is 4.56. The fraction of sp³-hybridized carbons (Fsp3) is 1.00. The van der Waals surface area contributed by atoms with Gasteiger partial charge in [-0.1, -0.05) is 6.92 Å². The Labute approximate surface area is 63.5 Å². The van der Waals surface area contributed by atoms with Gasteiger partial charge >= 0.3 is 6.18 Å². The van der Waals surface area contributed by atoms with Crippen LogP contribution in [0.15, 0.2) is 0 Å². The minimum Gasteiger partial charge on any atom is -0.370 e. The number of nitrogens with two attached hydrogens (primary N) is 1. The van der Waals surface area contributed by atoms with Gasteiger partial charge in [-0.15, -0.1) is 0 Å². The van der Waals surface area contributed by atoms with Gasteiger partial charge in [0.05, 0.1) is 6.61 Å². The third-order valence-electron chi connectivity index (χ3n) is 1.12. The molecule has 0 rings (SSSR count). The summed E-state index contributed by atoms with van der Waals surface area (Å²) in [6, 6.07) is -0.294. The number of alkyl halides is 3. The topological polar surface area (TPSA) is 35.2 Å². The molecular formula is C6H12F3NO. The third-order valence-corrected chi connectivity index (χ3v) is 1.12. The van der Waals surface area contributed by atoms with Gasteiger partial charge in [0.15, 0.2) is 0 Å². The third kappa shape index (κ3) is 7.61. The highest BCUT2D eigenvalue weighted by atomic mass is 19.4. The van der Waals surface area contributed by atoms with Gasteiger partial charge in [0.2, 0.25) is 0 Å². The van der Waals surface area contributed by atoms with Gasteiger partial charge < -0.3 is 10.5 Å². The molecule has 68 valence electrons. The van der Waals surface area contributed by atoms with E-state index in [1.165, 1.54) is 0 Å². The Morgan fingerprint density at radius 1 is 1.45 bits per heavy atom. The Kier molecular flexibility index (Phi) is 4.44. The summed E-state index contributed by atoms with van der Waals surface area (Å²) < 4.78 is 38.6. The Morgan fingerprint density at radius 3 is 2.36 bits per heavy atom. The van der Waals surface area contributed by atoms with Crippen LogP contribution in [0.4, 0.5) is 13.2 Å². The average molecular weight is 171 g/mol. The molecule has 0 fully saturated rings. The first-order chi connectivity index (χ1) is 4.95. The van der Waals surface area contributed by atoms with Crippen molar-refractivity contribution in [3.8, 4) is 0 Å². The van der Waals surface area contributed by atoms with E-state index < -0.39 is 12.8 Å². The molecule has 1 atom stereocenters. The molecule has 0 aromatic rings. The molecule has 0 aliphatic heterocycles. The zero-order valence-electron chi connectivity index (χ0n) is 6.32. The van der Waals surface area contributed by atoms with Crippen LogP contribution in [0.2, 0.25) is 0 Å². The molecule has 0 heterocycles. The lowest BCUT2D eigenvalue weighted by Gasteiger charge is -2.10. The molecule has 5 heteroatoms. The Bertz CT molecular complexity index is 104. The fourth-order valence-electron chi connectivity index (χ4n) is 0.444. The zero-order chi connectivity index (χ0) is 8.91. The molecule has 11 heavy (non-hydrogen) atoms. The van der Waals surface area contributed by atoms with E-state index >= 15 is 0 Å². The molecule has 0 bridgehead atoms. The van der Waals surface area contributed by atoms with Crippen molar-refractivity contribution in [1.82, 2.24) is 0 Å². The van der Waals surface area contributed by atoms with Gasteiger partial charge in [-0.25, -0.2) is 0 Å². The molecule has 0 aromatic heterocycles. The van der Waals surface area contributed by atoms with Crippen molar-refractivity contribution in [3.63, 3.8) is 0 Å². The quantitative estimate of drug-likeness (QED) is 0.692. The SMILES string of the molecule is CCC(N)COCC(F)(F)F. The van der Waals surface area contributed by atoms with E-state index in [4.69, 9.17) is 5.73 Å². The van der Waals surface area contributed by atoms with Crippen molar-refractivity contribution in [2.24, 2.45) is 5.73 Å². The summed E-state index contributed by atoms with van der Waals surface area (Å²) in [6.45, 7) is 0.554. The van der Waals surface area contributed by atoms with Crippen LogP contribution in [-0.2, 0) is 4.74 Å². The summed E-state index contributed by atoms with van der Waals surface area (Å²) in [6.07, 6.45) is -3.62. The second kappa shape index (κ2) is 4.56. The summed E-state index contributed by atoms with van der Waals surface area (Å²) in [5.41, 5.74) is 5.31. The van der Waals surface area contributed by atoms with Crippen molar-refractivity contribution < 1.29 is 17.9 Å². The van der Waals surface area contributed by atoms with Crippen LogP contribution < -0.4 is 5.73 Å². The largest absolute Gasteiger partial charge is 0.411 e. The Hall–Kier alpha value is -0.290. The first-order valence-electron chi connectivity index (χ1n) is 3.35. The van der Waals surface area contributed by atoms with Gasteiger partial charge in [-0.05, 0) is 6.42 Å². The van der Waals surface area contributed by atoms with Crippen molar-refractivity contribution in [1.29, 1.82) is 0 Å². The normalized spacial score (nSPS) is 15.0. The molecule has 2 nitrogen and oxygen atoms in total. The monoisotopic (exact) mass is 171 g/mol. The van der Waals surface area contributed by atoms with E-state index in [0.717, 1.165) is 0 Å². The maximum atomic E-state index is 11.4. The van der Waals surface area contributed by atoms with Crippen LogP contribution in [0.3, 0.4) is 0 Å². The van der Waals surface area contributed by atoms with Crippen LogP contribution in [0, 0.1) is 0 Å². The number of ether oxygens (including phenoxy) is 1. The van der Waals surface area contributed by atoms with Crippen LogP contribution >= 0.6 is 0 Å². The van der Waals surface area contributed by atoms with Crippen LogP contribution in [0.1, 0.15) is 13.3 Å². The molecule has 0 amide bonds. The smallest absolute Gasteiger partial charge is 0.370 e. The minimum atomic E-state index is -4.24. The predicted molar refractivity (Wildman–Crippen MR) is 35.1 cm³/mol. The fourth-order valence-corrected chi connectivity index (χ4v) is 0.444. The maximum absolute atomic E-state index is 11.4. The highest BCUT2D eigenvalue weighted by Gasteiger charge is 2.27. The lowest BCUT2D eigenvalue weighted by atomic mass is 10.3. The van der Waals surface area contributed by atoms with Crippen molar-refractivity contribution in [2.75, 3.05) is 13.2 Å². The molecule has 0 aromatic carbocycles. The summed E-state index contributed by atoms with van der Waals surface area (Å²) >= 11 is 0. The highest BCUT2D eigenvalue weighted by Crippen LogP contribution is 2.14. The number of halogens is 3. The Morgan fingerprint density at radius 2 is 2.00 bits per heavy atom. The molecule has 0 radical (unpaired) electrons. The van der Waals surface area contributed by atoms with Gasteiger partial charge in [-0.2, -0.15) is 13.2 Å². The molecule has 0 aliphatic rings. The average Bonchev–Trinajstić information content (AvgIpc) is 1.85. The number of hydrogen-bond acceptors (Lipinski definition) is 2. The maximum Gasteiger partial charge on any atom is 0.411 e. The second-order valence-corrected chi connectivity index (χ2v) is 2.30. The molecule has 2 N–H and O–H groups in total. The van der Waals surface area contributed by atoms with Gasteiger partial charge in [-0.3, -0.25) is 0 Å². The molecule has 0 saturated heterocycles. The zero-order valence-corrected chi connectivity index (χ0v) is 6.32. The summed E-state index contributed by atoms with van der Waals surface area (Å²) in [5.74, 6) is 0. The van der Waals surface area contributed by atoms with Crippen molar-refractivity contribution in [3.05, 3.63) is 0 Å². The molecule has 0 saturated carbocycles. The lowest BCUT2D eigenvalue weighted by molar-refractivity contribution is -0.174. The summed E-state index contributed by atoms with van der Waals surface area (Å²) in [4.78, 5) is 0. The molecular weight excluding hydrogens is 159 g/mol. The van der Waals surface area contributed by atoms with E-state index in [-0.39, 0.29) is 12.6 Å². The number of rotatable bonds is 4. The summed E-state index contributed by atoms with van der Waals surface area (Å²) in [5, 5.41) is 0. The van der Waals surface area contributed by atoms with Gasteiger partial charge in [0.25, 0.3) is 0 Å². The minimum absolute atomic E-state index is 0.0317. The molecule has 1 unspecified atom stereocenters. The molecule has 0 spiro atoms. The van der Waals surface area contributed by atoms with Crippen molar-refractivity contribution in [2.45, 2.75) is 25.6 Å². The van der Waals surface area contributed by atoms with Gasteiger partial charge in [0.1, 0.15) is 6.61 Å². The van der Waals surface area contributed by atoms with Crippen LogP contribution in [0.5, 0.6) is 0 Å². The second-order valence-electron chi connectivity index (χ2n) is 2.30. The first-order valence-corrected chi connectivity index (χ1v) is 3.35. The van der Waals surface area contributed by atoms with Gasteiger partial charge in [0, 0.05) is 6.04 Å². The first kappa shape index (κ1) is 10.7. The van der Waals surface area contributed by atoms with E-state index in [1.54, 1.807) is 6.92 Å². The van der Waals surface area contributed by atoms with E-state index in [2.05, 4.69) is 4.74 Å². The lowest BCUT2D eigenvalue weighted by Crippen LogP contribution is -2.28. The predicted octanol–water partition coefficient (Wildman–Crippen LogP) is 1.30. The van der Waals surface area contributed by atoms with E-state index in [9.17, 15) is 13.2 Å². The molecule has 0 aliphatic carbocycles. The number of hydrogen-bond donors (Lipinski definition) is 1. The van der Waals surface area contributed by atoms with Crippen LogP contribution in [0.25, 0.3) is 0 Å².